The van der Waals surface area contributed by atoms with E-state index in [1.165, 1.54) is 12.8 Å². The molecule has 1 aliphatic heterocycles. The third kappa shape index (κ3) is 4.48. The molecule has 1 amide bonds. The summed E-state index contributed by atoms with van der Waals surface area (Å²) in [5.41, 5.74) is 0. The number of carbonyl (C=O) groups is 1. The molecule has 1 N–H and O–H groups in total. The Morgan fingerprint density at radius 2 is 2.15 bits per heavy atom. The second kappa shape index (κ2) is 6.22. The number of halogens is 1. The molecule has 1 saturated heterocycles. The molecule has 1 atom stereocenters. The van der Waals surface area contributed by atoms with E-state index in [1.807, 2.05) is 14.1 Å². The van der Waals surface area contributed by atoms with Crippen LogP contribution in [0.2, 0.25) is 0 Å². The summed E-state index contributed by atoms with van der Waals surface area (Å²) in [4.78, 5) is 13.0. The van der Waals surface area contributed by atoms with Crippen LogP contribution in [0.4, 0.5) is 0 Å². The number of amides is 1. The maximum Gasteiger partial charge on any atom is 0.223 e. The van der Waals surface area contributed by atoms with E-state index < -0.39 is 0 Å². The molecule has 0 spiro atoms. The van der Waals surface area contributed by atoms with Crippen LogP contribution in [-0.4, -0.2) is 37.5 Å². The summed E-state index contributed by atoms with van der Waals surface area (Å²) >= 11 is 0. The van der Waals surface area contributed by atoms with Crippen molar-refractivity contribution in [3.8, 4) is 0 Å². The highest BCUT2D eigenvalue weighted by molar-refractivity contribution is 5.85. The van der Waals surface area contributed by atoms with Gasteiger partial charge in [-0.15, -0.1) is 12.4 Å². The fraction of sp³-hybridized carbons (Fsp3) is 0.889. The molecule has 4 heteroatoms. The van der Waals surface area contributed by atoms with Gasteiger partial charge in [-0.3, -0.25) is 4.79 Å². The van der Waals surface area contributed by atoms with Crippen LogP contribution >= 0.6 is 12.4 Å². The van der Waals surface area contributed by atoms with Gasteiger partial charge in [0.05, 0.1) is 0 Å². The highest BCUT2D eigenvalue weighted by Gasteiger charge is 2.16. The van der Waals surface area contributed by atoms with Crippen molar-refractivity contribution in [3.63, 3.8) is 0 Å². The molecule has 0 aromatic carbocycles. The van der Waals surface area contributed by atoms with Crippen molar-refractivity contribution in [2.75, 3.05) is 20.6 Å². The number of hydrogen-bond donors (Lipinski definition) is 1. The number of carbonyl (C=O) groups excluding carboxylic acids is 1. The Balaban J connectivity index is 0.00000144. The van der Waals surface area contributed by atoms with Crippen LogP contribution < -0.4 is 5.32 Å². The van der Waals surface area contributed by atoms with Gasteiger partial charge in [0.2, 0.25) is 5.91 Å². The van der Waals surface area contributed by atoms with Crippen molar-refractivity contribution in [3.05, 3.63) is 0 Å². The third-order valence-corrected chi connectivity index (χ3v) is 2.33. The normalized spacial score (nSPS) is 21.8. The van der Waals surface area contributed by atoms with Gasteiger partial charge < -0.3 is 10.2 Å². The predicted molar refractivity (Wildman–Crippen MR) is 56.2 cm³/mol. The predicted octanol–water partition coefficient (Wildman–Crippen LogP) is 1.03. The molecule has 0 bridgehead atoms. The molecule has 0 aromatic rings. The largest absolute Gasteiger partial charge is 0.349 e. The maximum absolute atomic E-state index is 11.3. The van der Waals surface area contributed by atoms with Crippen molar-refractivity contribution in [1.82, 2.24) is 10.2 Å². The van der Waals surface area contributed by atoms with Gasteiger partial charge in [-0.2, -0.15) is 0 Å². The fourth-order valence-electron chi connectivity index (χ4n) is 1.49. The van der Waals surface area contributed by atoms with E-state index in [0.29, 0.717) is 12.5 Å². The molecule has 0 aromatic heterocycles. The first-order valence-electron chi connectivity index (χ1n) is 4.63. The van der Waals surface area contributed by atoms with Crippen molar-refractivity contribution < 1.29 is 4.79 Å². The van der Waals surface area contributed by atoms with Gasteiger partial charge in [0.25, 0.3) is 0 Å². The Morgan fingerprint density at radius 1 is 1.46 bits per heavy atom. The number of piperidine rings is 1. The van der Waals surface area contributed by atoms with Gasteiger partial charge in [-0.25, -0.2) is 0 Å². The van der Waals surface area contributed by atoms with E-state index in [-0.39, 0.29) is 18.3 Å². The first-order chi connectivity index (χ1) is 5.70. The molecule has 13 heavy (non-hydrogen) atoms. The molecule has 0 unspecified atom stereocenters. The van der Waals surface area contributed by atoms with Gasteiger partial charge in [0.1, 0.15) is 0 Å². The zero-order chi connectivity index (χ0) is 8.97. The number of nitrogens with zero attached hydrogens (tertiary/aromatic N) is 1. The lowest BCUT2D eigenvalue weighted by atomic mass is 10.0. The van der Waals surface area contributed by atoms with Crippen molar-refractivity contribution in [1.29, 1.82) is 0 Å². The SMILES string of the molecule is CN(C)C(=O)C[C@@H]1CCCCN1.Cl. The molecular formula is C9H19ClN2O. The van der Waals surface area contributed by atoms with E-state index in [0.717, 1.165) is 13.0 Å². The zero-order valence-corrected chi connectivity index (χ0v) is 9.19. The molecular weight excluding hydrogens is 188 g/mol. The lowest BCUT2D eigenvalue weighted by Gasteiger charge is -2.24. The van der Waals surface area contributed by atoms with E-state index >= 15 is 0 Å². The number of hydrogen-bond acceptors (Lipinski definition) is 2. The van der Waals surface area contributed by atoms with Crippen molar-refractivity contribution >= 4 is 18.3 Å². The molecule has 3 nitrogen and oxygen atoms in total. The van der Waals surface area contributed by atoms with Crippen LogP contribution in [0.5, 0.6) is 0 Å². The van der Waals surface area contributed by atoms with Crippen LogP contribution in [0.15, 0.2) is 0 Å². The highest BCUT2D eigenvalue weighted by Crippen LogP contribution is 2.10. The molecule has 1 aliphatic rings. The van der Waals surface area contributed by atoms with Crippen molar-refractivity contribution in [2.45, 2.75) is 31.7 Å². The first kappa shape index (κ1) is 12.7. The average molecular weight is 207 g/mol. The average Bonchev–Trinajstić information content (AvgIpc) is 2.06. The summed E-state index contributed by atoms with van der Waals surface area (Å²) in [7, 11) is 3.62. The first-order valence-corrected chi connectivity index (χ1v) is 4.63. The summed E-state index contributed by atoms with van der Waals surface area (Å²) < 4.78 is 0. The van der Waals surface area contributed by atoms with Crippen LogP contribution in [0, 0.1) is 0 Å². The number of nitrogens with one attached hydrogen (secondary N) is 1. The Kier molecular flexibility index (Phi) is 6.08. The van der Waals surface area contributed by atoms with Gasteiger partial charge in [0.15, 0.2) is 0 Å². The van der Waals surface area contributed by atoms with Gasteiger partial charge in [-0.1, -0.05) is 6.42 Å². The Hall–Kier alpha value is -0.280. The summed E-state index contributed by atoms with van der Waals surface area (Å²) in [5.74, 6) is 0.231. The minimum atomic E-state index is 0. The Morgan fingerprint density at radius 3 is 2.62 bits per heavy atom. The lowest BCUT2D eigenvalue weighted by Crippen LogP contribution is -2.38. The van der Waals surface area contributed by atoms with E-state index in [4.69, 9.17) is 0 Å². The molecule has 0 radical (unpaired) electrons. The number of rotatable bonds is 2. The zero-order valence-electron chi connectivity index (χ0n) is 8.38. The van der Waals surface area contributed by atoms with Gasteiger partial charge in [-0.05, 0) is 19.4 Å². The topological polar surface area (TPSA) is 32.3 Å². The molecule has 1 rings (SSSR count). The van der Waals surface area contributed by atoms with Crippen LogP contribution in [0.1, 0.15) is 25.7 Å². The quantitative estimate of drug-likeness (QED) is 0.732. The fourth-order valence-corrected chi connectivity index (χ4v) is 1.49. The summed E-state index contributed by atoms with van der Waals surface area (Å²) in [5, 5.41) is 3.36. The second-order valence-electron chi connectivity index (χ2n) is 3.64. The molecule has 78 valence electrons. The maximum atomic E-state index is 11.3. The molecule has 1 fully saturated rings. The Bertz CT molecular complexity index is 156. The lowest BCUT2D eigenvalue weighted by molar-refractivity contribution is -0.129. The molecule has 0 saturated carbocycles. The van der Waals surface area contributed by atoms with Crippen molar-refractivity contribution in [2.24, 2.45) is 0 Å². The molecule has 0 aliphatic carbocycles. The summed E-state index contributed by atoms with van der Waals surface area (Å²) in [6.45, 7) is 1.07. The smallest absolute Gasteiger partial charge is 0.223 e. The Labute approximate surface area is 86.3 Å². The van der Waals surface area contributed by atoms with E-state index in [2.05, 4.69) is 5.32 Å². The minimum absolute atomic E-state index is 0. The van der Waals surface area contributed by atoms with Gasteiger partial charge >= 0.3 is 0 Å². The van der Waals surface area contributed by atoms with Crippen LogP contribution in [0.25, 0.3) is 0 Å². The summed E-state index contributed by atoms with van der Waals surface area (Å²) in [6.07, 6.45) is 4.33. The highest BCUT2D eigenvalue weighted by atomic mass is 35.5. The summed E-state index contributed by atoms with van der Waals surface area (Å²) in [6, 6.07) is 0.425. The standard InChI is InChI=1S/C9H18N2O.ClH/c1-11(2)9(12)7-8-5-3-4-6-10-8;/h8,10H,3-7H2,1-2H3;1H/t8-;/m0./s1. The van der Waals surface area contributed by atoms with Crippen LogP contribution in [-0.2, 0) is 4.79 Å². The third-order valence-electron chi connectivity index (χ3n) is 2.33. The molecule has 1 heterocycles. The van der Waals surface area contributed by atoms with E-state index in [1.54, 1.807) is 4.90 Å². The minimum Gasteiger partial charge on any atom is -0.349 e. The van der Waals surface area contributed by atoms with Gasteiger partial charge in [0, 0.05) is 26.6 Å². The second-order valence-corrected chi connectivity index (χ2v) is 3.64. The van der Waals surface area contributed by atoms with E-state index in [9.17, 15) is 4.79 Å². The van der Waals surface area contributed by atoms with Crippen LogP contribution in [0.3, 0.4) is 0 Å². The monoisotopic (exact) mass is 206 g/mol.